The standard InChI is InChI=1S/C11H18N4O/c1-2-15-5-3-4-9(8-15)13-10-6-11(16)14-12-7-10/h6-7,9H,2-5,8H2,1H3,(H2,13,14,16). The quantitative estimate of drug-likeness (QED) is 0.789. The molecule has 0 amide bonds. The number of piperidine rings is 1. The monoisotopic (exact) mass is 222 g/mol. The van der Waals surface area contributed by atoms with Crippen LogP contribution in [-0.4, -0.2) is 40.8 Å². The lowest BCUT2D eigenvalue weighted by Crippen LogP contribution is -2.41. The third-order valence-corrected chi connectivity index (χ3v) is 2.99. The molecule has 0 aliphatic carbocycles. The van der Waals surface area contributed by atoms with Gasteiger partial charge in [0.05, 0.1) is 11.9 Å². The van der Waals surface area contributed by atoms with E-state index in [1.165, 1.54) is 13.0 Å². The molecule has 1 saturated heterocycles. The minimum absolute atomic E-state index is 0.159. The van der Waals surface area contributed by atoms with E-state index in [2.05, 4.69) is 27.3 Å². The number of aromatic nitrogens is 2. The van der Waals surface area contributed by atoms with E-state index in [4.69, 9.17) is 0 Å². The van der Waals surface area contributed by atoms with Gasteiger partial charge in [0.2, 0.25) is 0 Å². The van der Waals surface area contributed by atoms with Gasteiger partial charge in [0.1, 0.15) is 0 Å². The number of likely N-dealkylation sites (N-methyl/N-ethyl adjacent to an activating group) is 1. The molecule has 1 atom stereocenters. The van der Waals surface area contributed by atoms with Crippen molar-refractivity contribution >= 4 is 5.69 Å². The molecular weight excluding hydrogens is 204 g/mol. The predicted octanol–water partition coefficient (Wildman–Crippen LogP) is 0.666. The first kappa shape index (κ1) is 11.1. The Morgan fingerprint density at radius 2 is 2.56 bits per heavy atom. The third kappa shape index (κ3) is 2.82. The Kier molecular flexibility index (Phi) is 3.56. The second-order valence-corrected chi connectivity index (χ2v) is 4.21. The highest BCUT2D eigenvalue weighted by atomic mass is 16.1. The van der Waals surface area contributed by atoms with Crippen molar-refractivity contribution in [2.75, 3.05) is 25.0 Å². The van der Waals surface area contributed by atoms with E-state index in [0.29, 0.717) is 6.04 Å². The molecule has 0 radical (unpaired) electrons. The van der Waals surface area contributed by atoms with Crippen molar-refractivity contribution in [1.29, 1.82) is 0 Å². The molecular formula is C11H18N4O. The van der Waals surface area contributed by atoms with Gasteiger partial charge < -0.3 is 10.2 Å². The number of rotatable bonds is 3. The van der Waals surface area contributed by atoms with Crippen LogP contribution in [0.15, 0.2) is 17.1 Å². The molecule has 5 nitrogen and oxygen atoms in total. The van der Waals surface area contributed by atoms with Crippen LogP contribution in [0.25, 0.3) is 0 Å². The van der Waals surface area contributed by atoms with Crippen LogP contribution in [0.4, 0.5) is 5.69 Å². The van der Waals surface area contributed by atoms with Crippen LogP contribution in [0, 0.1) is 0 Å². The van der Waals surface area contributed by atoms with Crippen LogP contribution < -0.4 is 10.9 Å². The van der Waals surface area contributed by atoms with E-state index in [0.717, 1.165) is 25.2 Å². The highest BCUT2D eigenvalue weighted by Gasteiger charge is 2.18. The second-order valence-electron chi connectivity index (χ2n) is 4.21. The second kappa shape index (κ2) is 5.12. The summed E-state index contributed by atoms with van der Waals surface area (Å²) in [5, 5.41) is 9.51. The lowest BCUT2D eigenvalue weighted by molar-refractivity contribution is 0.227. The van der Waals surface area contributed by atoms with Crippen molar-refractivity contribution in [3.8, 4) is 0 Å². The SMILES string of the molecule is CCN1CCCC(Nc2cn[nH]c(=O)c2)C1. The number of likely N-dealkylation sites (tertiary alicyclic amines) is 1. The minimum atomic E-state index is -0.159. The number of H-pyrrole nitrogens is 1. The predicted molar refractivity (Wildman–Crippen MR) is 63.6 cm³/mol. The third-order valence-electron chi connectivity index (χ3n) is 2.99. The van der Waals surface area contributed by atoms with Gasteiger partial charge in [0.15, 0.2) is 0 Å². The lowest BCUT2D eigenvalue weighted by Gasteiger charge is -2.32. The summed E-state index contributed by atoms with van der Waals surface area (Å²) in [6.45, 7) is 5.49. The molecule has 88 valence electrons. The Hall–Kier alpha value is -1.36. The van der Waals surface area contributed by atoms with Gasteiger partial charge in [-0.2, -0.15) is 5.10 Å². The van der Waals surface area contributed by atoms with E-state index < -0.39 is 0 Å². The Labute approximate surface area is 94.9 Å². The lowest BCUT2D eigenvalue weighted by atomic mass is 10.1. The summed E-state index contributed by atoms with van der Waals surface area (Å²) < 4.78 is 0. The van der Waals surface area contributed by atoms with E-state index in [-0.39, 0.29) is 5.56 Å². The van der Waals surface area contributed by atoms with Crippen LogP contribution in [0.5, 0.6) is 0 Å². The minimum Gasteiger partial charge on any atom is -0.380 e. The average molecular weight is 222 g/mol. The van der Waals surface area contributed by atoms with Gasteiger partial charge in [0, 0.05) is 18.7 Å². The molecule has 2 heterocycles. The summed E-state index contributed by atoms with van der Waals surface area (Å²) in [5.41, 5.74) is 0.653. The van der Waals surface area contributed by atoms with Crippen LogP contribution in [0.3, 0.4) is 0 Å². The van der Waals surface area contributed by atoms with E-state index in [1.54, 1.807) is 12.3 Å². The largest absolute Gasteiger partial charge is 0.380 e. The highest BCUT2D eigenvalue weighted by molar-refractivity contribution is 5.39. The number of hydrogen-bond acceptors (Lipinski definition) is 4. The zero-order valence-corrected chi connectivity index (χ0v) is 9.57. The molecule has 0 saturated carbocycles. The van der Waals surface area contributed by atoms with E-state index in [1.807, 2.05) is 0 Å². The van der Waals surface area contributed by atoms with Crippen molar-refractivity contribution in [2.45, 2.75) is 25.8 Å². The van der Waals surface area contributed by atoms with Gasteiger partial charge in [-0.3, -0.25) is 4.79 Å². The van der Waals surface area contributed by atoms with Crippen LogP contribution in [0.1, 0.15) is 19.8 Å². The molecule has 2 N–H and O–H groups in total. The Balaban J connectivity index is 1.96. The van der Waals surface area contributed by atoms with Gasteiger partial charge in [-0.05, 0) is 25.9 Å². The van der Waals surface area contributed by atoms with Gasteiger partial charge in [-0.1, -0.05) is 6.92 Å². The molecule has 2 rings (SSSR count). The van der Waals surface area contributed by atoms with Crippen LogP contribution in [-0.2, 0) is 0 Å². The summed E-state index contributed by atoms with van der Waals surface area (Å²) in [6, 6.07) is 1.98. The number of nitrogens with zero attached hydrogens (tertiary/aromatic N) is 2. The summed E-state index contributed by atoms with van der Waals surface area (Å²) in [7, 11) is 0. The average Bonchev–Trinajstić information content (AvgIpc) is 2.29. The number of anilines is 1. The molecule has 0 aromatic carbocycles. The number of hydrogen-bond donors (Lipinski definition) is 2. The van der Waals surface area contributed by atoms with Crippen molar-refractivity contribution < 1.29 is 0 Å². The molecule has 1 aromatic rings. The number of aromatic amines is 1. The zero-order chi connectivity index (χ0) is 11.4. The number of nitrogens with one attached hydrogen (secondary N) is 2. The molecule has 1 unspecified atom stereocenters. The summed E-state index contributed by atoms with van der Waals surface area (Å²) in [6.07, 6.45) is 4.03. The topological polar surface area (TPSA) is 61.0 Å². The van der Waals surface area contributed by atoms with Crippen molar-refractivity contribution in [3.63, 3.8) is 0 Å². The van der Waals surface area contributed by atoms with Gasteiger partial charge >= 0.3 is 0 Å². The maximum atomic E-state index is 11.1. The first-order chi connectivity index (χ1) is 7.78. The van der Waals surface area contributed by atoms with Gasteiger partial charge in [0.25, 0.3) is 5.56 Å². The maximum absolute atomic E-state index is 11.1. The Morgan fingerprint density at radius 1 is 1.69 bits per heavy atom. The van der Waals surface area contributed by atoms with Crippen molar-refractivity contribution in [3.05, 3.63) is 22.6 Å². The Morgan fingerprint density at radius 3 is 3.31 bits per heavy atom. The van der Waals surface area contributed by atoms with E-state index >= 15 is 0 Å². The maximum Gasteiger partial charge on any atom is 0.266 e. The fourth-order valence-corrected chi connectivity index (χ4v) is 2.15. The summed E-state index contributed by atoms with van der Waals surface area (Å²) in [5.74, 6) is 0. The highest BCUT2D eigenvalue weighted by Crippen LogP contribution is 2.13. The fraction of sp³-hybridized carbons (Fsp3) is 0.636. The summed E-state index contributed by atoms with van der Waals surface area (Å²) >= 11 is 0. The summed E-state index contributed by atoms with van der Waals surface area (Å²) in [4.78, 5) is 13.5. The molecule has 1 aliphatic rings. The van der Waals surface area contributed by atoms with E-state index in [9.17, 15) is 4.79 Å². The smallest absolute Gasteiger partial charge is 0.266 e. The molecule has 1 fully saturated rings. The van der Waals surface area contributed by atoms with Gasteiger partial charge in [-0.15, -0.1) is 0 Å². The molecule has 0 bridgehead atoms. The van der Waals surface area contributed by atoms with Gasteiger partial charge in [-0.25, -0.2) is 5.10 Å². The molecule has 5 heteroatoms. The molecule has 0 spiro atoms. The molecule has 16 heavy (non-hydrogen) atoms. The fourth-order valence-electron chi connectivity index (χ4n) is 2.15. The van der Waals surface area contributed by atoms with Crippen LogP contribution in [0.2, 0.25) is 0 Å². The van der Waals surface area contributed by atoms with Crippen molar-refractivity contribution in [1.82, 2.24) is 15.1 Å². The Bertz CT molecular complexity index is 390. The first-order valence-corrected chi connectivity index (χ1v) is 5.81. The van der Waals surface area contributed by atoms with Crippen LogP contribution >= 0.6 is 0 Å². The normalized spacial score (nSPS) is 21.9. The first-order valence-electron chi connectivity index (χ1n) is 5.81. The molecule has 1 aromatic heterocycles. The van der Waals surface area contributed by atoms with Crippen molar-refractivity contribution in [2.24, 2.45) is 0 Å². The molecule has 1 aliphatic heterocycles. The zero-order valence-electron chi connectivity index (χ0n) is 9.57.